The van der Waals surface area contributed by atoms with Crippen molar-refractivity contribution in [1.29, 1.82) is 0 Å². The lowest BCUT2D eigenvalue weighted by molar-refractivity contribution is 0.153. The molecule has 1 aromatic carbocycles. The first-order valence-electron chi connectivity index (χ1n) is 9.37. The molecule has 4 nitrogen and oxygen atoms in total. The number of hydrogen-bond acceptors (Lipinski definition) is 3. The van der Waals surface area contributed by atoms with E-state index in [1.165, 1.54) is 59.7 Å². The van der Waals surface area contributed by atoms with Crippen LogP contribution in [0, 0.1) is 13.8 Å². The Labute approximate surface area is 144 Å². The molecular formula is C20H28N4. The second kappa shape index (κ2) is 6.25. The lowest BCUT2D eigenvalue weighted by Gasteiger charge is -2.34. The molecule has 0 radical (unpaired) electrons. The fourth-order valence-electron chi connectivity index (χ4n) is 4.29. The van der Waals surface area contributed by atoms with Crippen molar-refractivity contribution < 1.29 is 0 Å². The van der Waals surface area contributed by atoms with Crippen LogP contribution in [0.2, 0.25) is 0 Å². The Hall–Kier alpha value is -1.81. The van der Waals surface area contributed by atoms with E-state index in [2.05, 4.69) is 53.9 Å². The van der Waals surface area contributed by atoms with Crippen LogP contribution in [0.1, 0.15) is 54.6 Å². The van der Waals surface area contributed by atoms with Gasteiger partial charge < -0.3 is 5.32 Å². The molecule has 4 heteroatoms. The summed E-state index contributed by atoms with van der Waals surface area (Å²) in [4.78, 5) is 2.61. The van der Waals surface area contributed by atoms with Gasteiger partial charge >= 0.3 is 0 Å². The van der Waals surface area contributed by atoms with Crippen LogP contribution in [0.25, 0.3) is 5.69 Å². The Morgan fingerprint density at radius 2 is 2.12 bits per heavy atom. The molecular weight excluding hydrogens is 296 g/mol. The summed E-state index contributed by atoms with van der Waals surface area (Å²) in [5, 5.41) is 8.73. The first-order chi connectivity index (χ1) is 11.7. The molecule has 1 unspecified atom stereocenters. The second-order valence-corrected chi connectivity index (χ2v) is 7.16. The van der Waals surface area contributed by atoms with E-state index < -0.39 is 0 Å². The summed E-state index contributed by atoms with van der Waals surface area (Å²) >= 11 is 0. The summed E-state index contributed by atoms with van der Waals surface area (Å²) in [6.45, 7) is 10.0. The Balaban J connectivity index is 1.82. The minimum absolute atomic E-state index is 0.490. The predicted molar refractivity (Wildman–Crippen MR) is 99.1 cm³/mol. The van der Waals surface area contributed by atoms with E-state index in [9.17, 15) is 0 Å². The maximum atomic E-state index is 5.14. The van der Waals surface area contributed by atoms with Crippen molar-refractivity contribution >= 4 is 5.82 Å². The van der Waals surface area contributed by atoms with Gasteiger partial charge in [0, 0.05) is 12.1 Å². The number of aryl methyl sites for hydroxylation is 1. The molecule has 0 amide bonds. The van der Waals surface area contributed by atoms with Gasteiger partial charge in [-0.2, -0.15) is 5.10 Å². The smallest absolute Gasteiger partial charge is 0.133 e. The Morgan fingerprint density at radius 3 is 2.96 bits per heavy atom. The van der Waals surface area contributed by atoms with Crippen LogP contribution >= 0.6 is 0 Å². The molecule has 3 heterocycles. The summed E-state index contributed by atoms with van der Waals surface area (Å²) in [6, 6.07) is 7.00. The minimum atomic E-state index is 0.490. The van der Waals surface area contributed by atoms with Crippen LogP contribution < -0.4 is 5.32 Å². The van der Waals surface area contributed by atoms with E-state index in [4.69, 9.17) is 5.10 Å². The molecule has 2 aliphatic heterocycles. The van der Waals surface area contributed by atoms with Gasteiger partial charge in [0.05, 0.1) is 17.4 Å². The van der Waals surface area contributed by atoms with Crippen LogP contribution in [-0.2, 0) is 6.42 Å². The van der Waals surface area contributed by atoms with E-state index in [1.54, 1.807) is 0 Å². The van der Waals surface area contributed by atoms with E-state index in [0.717, 1.165) is 19.5 Å². The number of piperidine rings is 1. The number of likely N-dealkylation sites (tertiary alicyclic amines) is 1. The number of hydrogen-bond donors (Lipinski definition) is 1. The second-order valence-electron chi connectivity index (χ2n) is 7.16. The van der Waals surface area contributed by atoms with Crippen LogP contribution in [0.5, 0.6) is 0 Å². The summed E-state index contributed by atoms with van der Waals surface area (Å²) in [7, 11) is 0. The highest BCUT2D eigenvalue weighted by atomic mass is 15.4. The van der Waals surface area contributed by atoms with Crippen LogP contribution in [-0.4, -0.2) is 34.3 Å². The quantitative estimate of drug-likeness (QED) is 0.926. The van der Waals surface area contributed by atoms with Gasteiger partial charge in [-0.15, -0.1) is 0 Å². The van der Waals surface area contributed by atoms with Gasteiger partial charge in [-0.1, -0.05) is 25.5 Å². The highest BCUT2D eigenvalue weighted by Gasteiger charge is 2.32. The van der Waals surface area contributed by atoms with Gasteiger partial charge in [-0.05, 0) is 63.4 Å². The summed E-state index contributed by atoms with van der Waals surface area (Å²) in [6.07, 6.45) is 4.98. The summed E-state index contributed by atoms with van der Waals surface area (Å²) < 4.78 is 2.17. The Morgan fingerprint density at radius 1 is 1.25 bits per heavy atom. The predicted octanol–water partition coefficient (Wildman–Crippen LogP) is 4.00. The highest BCUT2D eigenvalue weighted by Crippen LogP contribution is 2.38. The molecule has 1 fully saturated rings. The third-order valence-corrected chi connectivity index (χ3v) is 5.82. The largest absolute Gasteiger partial charge is 0.369 e. The zero-order valence-electron chi connectivity index (χ0n) is 15.1. The van der Waals surface area contributed by atoms with Crippen molar-refractivity contribution in [3.63, 3.8) is 0 Å². The molecule has 0 saturated carbocycles. The number of nitrogens with one attached hydrogen (secondary N) is 1. The van der Waals surface area contributed by atoms with Crippen LogP contribution in [0.4, 0.5) is 5.82 Å². The minimum Gasteiger partial charge on any atom is -0.369 e. The van der Waals surface area contributed by atoms with Crippen molar-refractivity contribution in [2.24, 2.45) is 0 Å². The molecule has 0 aliphatic carbocycles. The third kappa shape index (κ3) is 2.44. The Kier molecular flexibility index (Phi) is 4.09. The molecule has 1 N–H and O–H groups in total. The van der Waals surface area contributed by atoms with E-state index in [1.807, 2.05) is 0 Å². The van der Waals surface area contributed by atoms with Crippen LogP contribution in [0.15, 0.2) is 18.2 Å². The zero-order valence-corrected chi connectivity index (χ0v) is 15.1. The van der Waals surface area contributed by atoms with E-state index in [-0.39, 0.29) is 0 Å². The number of fused-ring (bicyclic) bond motifs is 1. The van der Waals surface area contributed by atoms with Crippen molar-refractivity contribution in [3.05, 3.63) is 40.6 Å². The lowest BCUT2D eigenvalue weighted by atomic mass is 9.96. The first-order valence-corrected chi connectivity index (χ1v) is 9.37. The number of anilines is 1. The number of benzene rings is 1. The van der Waals surface area contributed by atoms with Crippen molar-refractivity contribution in [1.82, 2.24) is 14.7 Å². The molecule has 128 valence electrons. The molecule has 2 aliphatic rings. The monoisotopic (exact) mass is 324 g/mol. The lowest BCUT2D eigenvalue weighted by Crippen LogP contribution is -2.34. The number of aromatic nitrogens is 2. The molecule has 24 heavy (non-hydrogen) atoms. The zero-order chi connectivity index (χ0) is 16.7. The van der Waals surface area contributed by atoms with E-state index >= 15 is 0 Å². The Bertz CT molecular complexity index is 746. The average Bonchev–Trinajstić information content (AvgIpc) is 3.20. The van der Waals surface area contributed by atoms with Crippen molar-refractivity contribution in [3.8, 4) is 5.69 Å². The first kappa shape index (κ1) is 15.7. The maximum absolute atomic E-state index is 5.14. The third-order valence-electron chi connectivity index (χ3n) is 5.82. The molecule has 1 aromatic heterocycles. The molecule has 1 saturated heterocycles. The van der Waals surface area contributed by atoms with Gasteiger partial charge in [0.25, 0.3) is 0 Å². The van der Waals surface area contributed by atoms with E-state index in [0.29, 0.717) is 6.04 Å². The summed E-state index contributed by atoms with van der Waals surface area (Å²) in [5.74, 6) is 1.22. The molecule has 2 aromatic rings. The fraction of sp³-hybridized carbons (Fsp3) is 0.550. The fourth-order valence-corrected chi connectivity index (χ4v) is 4.29. The van der Waals surface area contributed by atoms with Crippen molar-refractivity contribution in [2.45, 2.75) is 52.5 Å². The average molecular weight is 324 g/mol. The molecule has 0 bridgehead atoms. The topological polar surface area (TPSA) is 33.1 Å². The van der Waals surface area contributed by atoms with Crippen molar-refractivity contribution in [2.75, 3.05) is 25.0 Å². The maximum Gasteiger partial charge on any atom is 0.133 e. The van der Waals surface area contributed by atoms with Crippen LogP contribution in [0.3, 0.4) is 0 Å². The normalized spacial score (nSPS) is 20.9. The molecule has 0 spiro atoms. The molecule has 1 atom stereocenters. The SMILES string of the molecule is CCN1CCCCC1c1nn(-c2cccc(C)c2C)c2c1CCN2. The number of rotatable bonds is 3. The van der Waals surface area contributed by atoms with Gasteiger partial charge in [0.1, 0.15) is 5.82 Å². The van der Waals surface area contributed by atoms with Gasteiger partial charge in [0.15, 0.2) is 0 Å². The standard InChI is InChI=1S/C20H28N4/c1-4-23-13-6-5-9-18(23)19-16-11-12-21-20(16)24(22-19)17-10-7-8-14(2)15(17)3/h7-8,10,18,21H,4-6,9,11-13H2,1-3H3. The summed E-state index contributed by atoms with van der Waals surface area (Å²) in [5.41, 5.74) is 6.62. The van der Waals surface area contributed by atoms with Gasteiger partial charge in [-0.25, -0.2) is 4.68 Å². The molecule has 4 rings (SSSR count). The highest BCUT2D eigenvalue weighted by molar-refractivity contribution is 5.59. The van der Waals surface area contributed by atoms with Gasteiger partial charge in [-0.3, -0.25) is 4.90 Å². The number of nitrogens with zero attached hydrogens (tertiary/aromatic N) is 3. The van der Waals surface area contributed by atoms with Gasteiger partial charge in [0.2, 0.25) is 0 Å².